The van der Waals surface area contributed by atoms with E-state index >= 15 is 0 Å². The lowest BCUT2D eigenvalue weighted by molar-refractivity contribution is -0.143. The first-order chi connectivity index (χ1) is 9.47. The molecule has 0 unspecified atom stereocenters. The third kappa shape index (κ3) is 2.67. The molecule has 0 saturated heterocycles. The van der Waals surface area contributed by atoms with Crippen LogP contribution in [0.1, 0.15) is 12.1 Å². The minimum Gasteiger partial charge on any atom is -0.409 e. The second-order valence-corrected chi connectivity index (χ2v) is 4.00. The lowest BCUT2D eigenvalue weighted by Gasteiger charge is -2.12. The number of nitrogens with zero attached hydrogens (tertiary/aromatic N) is 3. The molecule has 0 aliphatic carbocycles. The summed E-state index contributed by atoms with van der Waals surface area (Å²) in [6, 6.07) is 4.08. The number of halogens is 3. The summed E-state index contributed by atoms with van der Waals surface area (Å²) in [4.78, 5) is 3.92. The maximum atomic E-state index is 13.0. The first-order valence-corrected chi connectivity index (χ1v) is 5.60. The Morgan fingerprint density at radius 3 is 2.80 bits per heavy atom. The quantitative estimate of drug-likeness (QED) is 0.350. The normalized spacial score (nSPS) is 12.9. The van der Waals surface area contributed by atoms with E-state index in [9.17, 15) is 13.2 Å². The van der Waals surface area contributed by atoms with Gasteiger partial charge in [-0.2, -0.15) is 13.2 Å². The Kier molecular flexibility index (Phi) is 3.79. The predicted molar refractivity (Wildman–Crippen MR) is 63.5 cm³/mol. The van der Waals surface area contributed by atoms with Crippen molar-refractivity contribution in [3.05, 3.63) is 30.1 Å². The lowest BCUT2D eigenvalue weighted by atomic mass is 10.3. The number of hydrogen-bond donors (Lipinski definition) is 3. The summed E-state index contributed by atoms with van der Waals surface area (Å²) in [6.07, 6.45) is -3.25. The SMILES string of the molecule is O/N=C(/CCn1c(C(F)(F)F)cc2cccnc21)NO. The topological polar surface area (TPSA) is 82.7 Å². The van der Waals surface area contributed by atoms with Crippen LogP contribution in [0.3, 0.4) is 0 Å². The molecule has 108 valence electrons. The Hall–Kier alpha value is -2.29. The van der Waals surface area contributed by atoms with Gasteiger partial charge in [-0.3, -0.25) is 10.7 Å². The predicted octanol–water partition coefficient (Wildman–Crippen LogP) is 2.21. The van der Waals surface area contributed by atoms with Gasteiger partial charge in [-0.15, -0.1) is 0 Å². The average molecular weight is 288 g/mol. The van der Waals surface area contributed by atoms with Gasteiger partial charge in [0, 0.05) is 24.5 Å². The summed E-state index contributed by atoms with van der Waals surface area (Å²) in [5, 5.41) is 20.2. The van der Waals surface area contributed by atoms with Gasteiger partial charge in [-0.25, -0.2) is 4.98 Å². The Morgan fingerprint density at radius 2 is 2.20 bits per heavy atom. The summed E-state index contributed by atoms with van der Waals surface area (Å²) in [6.45, 7) is -0.150. The summed E-state index contributed by atoms with van der Waals surface area (Å²) in [5.74, 6) is -0.240. The van der Waals surface area contributed by atoms with Crippen molar-refractivity contribution in [3.63, 3.8) is 0 Å². The number of fused-ring (bicyclic) bond motifs is 1. The zero-order chi connectivity index (χ0) is 14.8. The molecule has 0 aromatic carbocycles. The molecule has 0 aliphatic heterocycles. The van der Waals surface area contributed by atoms with E-state index in [-0.39, 0.29) is 24.4 Å². The van der Waals surface area contributed by atoms with Gasteiger partial charge >= 0.3 is 6.18 Å². The minimum atomic E-state index is -4.52. The van der Waals surface area contributed by atoms with E-state index in [0.717, 1.165) is 10.6 Å². The molecular weight excluding hydrogens is 277 g/mol. The molecule has 2 heterocycles. The first kappa shape index (κ1) is 14.1. The molecular formula is C11H11F3N4O2. The van der Waals surface area contributed by atoms with E-state index in [2.05, 4.69) is 10.1 Å². The van der Waals surface area contributed by atoms with Gasteiger partial charge in [0.2, 0.25) is 0 Å². The fraction of sp³-hybridized carbons (Fsp3) is 0.273. The largest absolute Gasteiger partial charge is 0.431 e. The minimum absolute atomic E-state index is 0.115. The van der Waals surface area contributed by atoms with Crippen molar-refractivity contribution >= 4 is 16.9 Å². The van der Waals surface area contributed by atoms with Crippen molar-refractivity contribution in [2.24, 2.45) is 5.16 Å². The van der Waals surface area contributed by atoms with Crippen molar-refractivity contribution < 1.29 is 23.6 Å². The van der Waals surface area contributed by atoms with Crippen LogP contribution in [-0.2, 0) is 12.7 Å². The van der Waals surface area contributed by atoms with Crippen LogP contribution in [0, 0.1) is 0 Å². The molecule has 3 N–H and O–H groups in total. The van der Waals surface area contributed by atoms with Gasteiger partial charge in [-0.1, -0.05) is 5.16 Å². The highest BCUT2D eigenvalue weighted by Gasteiger charge is 2.35. The highest BCUT2D eigenvalue weighted by atomic mass is 19.4. The Balaban J connectivity index is 2.44. The number of aryl methyl sites for hydroxylation is 1. The maximum absolute atomic E-state index is 13.0. The standard InChI is InChI=1S/C11H11F3N4O2/c12-11(13,14)8-6-7-2-1-4-15-10(7)18(8)5-3-9(16-19)17-20/h1-2,4,6,19-20H,3,5H2,(H,16,17). The van der Waals surface area contributed by atoms with Crippen LogP contribution in [0.2, 0.25) is 0 Å². The van der Waals surface area contributed by atoms with E-state index in [1.807, 2.05) is 0 Å². The van der Waals surface area contributed by atoms with Gasteiger partial charge in [-0.05, 0) is 18.2 Å². The molecule has 0 atom stereocenters. The van der Waals surface area contributed by atoms with Crippen molar-refractivity contribution in [1.29, 1.82) is 0 Å². The van der Waals surface area contributed by atoms with E-state index < -0.39 is 11.9 Å². The number of aromatic nitrogens is 2. The third-order valence-corrected chi connectivity index (χ3v) is 2.77. The van der Waals surface area contributed by atoms with E-state index in [0.29, 0.717) is 5.39 Å². The number of alkyl halides is 3. The molecule has 0 amide bonds. The van der Waals surface area contributed by atoms with Crippen LogP contribution in [0.25, 0.3) is 11.0 Å². The molecule has 2 aromatic rings. The van der Waals surface area contributed by atoms with Gasteiger partial charge < -0.3 is 9.77 Å². The van der Waals surface area contributed by atoms with Gasteiger partial charge in [0.15, 0.2) is 5.84 Å². The molecule has 0 aliphatic rings. The lowest BCUT2D eigenvalue weighted by Crippen LogP contribution is -2.22. The van der Waals surface area contributed by atoms with E-state index in [1.54, 1.807) is 11.5 Å². The first-order valence-electron chi connectivity index (χ1n) is 5.60. The Labute approximate surface area is 111 Å². The highest BCUT2D eigenvalue weighted by Crippen LogP contribution is 2.33. The number of nitrogens with one attached hydrogen (secondary N) is 1. The third-order valence-electron chi connectivity index (χ3n) is 2.77. The number of hydroxylamine groups is 1. The zero-order valence-electron chi connectivity index (χ0n) is 10.1. The number of pyridine rings is 1. The highest BCUT2D eigenvalue weighted by molar-refractivity contribution is 5.81. The molecule has 2 rings (SSSR count). The summed E-state index contributed by atoms with van der Waals surface area (Å²) < 4.78 is 39.9. The fourth-order valence-electron chi connectivity index (χ4n) is 1.89. The van der Waals surface area contributed by atoms with Crippen molar-refractivity contribution in [1.82, 2.24) is 15.0 Å². The molecule has 20 heavy (non-hydrogen) atoms. The maximum Gasteiger partial charge on any atom is 0.431 e. The second-order valence-electron chi connectivity index (χ2n) is 4.00. The Bertz CT molecular complexity index is 636. The van der Waals surface area contributed by atoms with Crippen molar-refractivity contribution in [3.8, 4) is 0 Å². The summed E-state index contributed by atoms with van der Waals surface area (Å²) in [7, 11) is 0. The average Bonchev–Trinajstić information content (AvgIpc) is 2.79. The molecule has 0 spiro atoms. The molecule has 0 saturated carbocycles. The van der Waals surface area contributed by atoms with Gasteiger partial charge in [0.25, 0.3) is 0 Å². The fourth-order valence-corrected chi connectivity index (χ4v) is 1.89. The molecule has 2 aromatic heterocycles. The molecule has 0 fully saturated rings. The number of oxime groups is 1. The van der Waals surface area contributed by atoms with Crippen LogP contribution < -0.4 is 5.48 Å². The van der Waals surface area contributed by atoms with E-state index in [4.69, 9.17) is 10.4 Å². The summed E-state index contributed by atoms with van der Waals surface area (Å²) >= 11 is 0. The van der Waals surface area contributed by atoms with Crippen LogP contribution >= 0.6 is 0 Å². The van der Waals surface area contributed by atoms with Crippen LogP contribution in [0.5, 0.6) is 0 Å². The summed E-state index contributed by atoms with van der Waals surface area (Å²) in [5.41, 5.74) is 0.936. The molecule has 9 heteroatoms. The van der Waals surface area contributed by atoms with Gasteiger partial charge in [0.05, 0.1) is 0 Å². The number of hydrogen-bond acceptors (Lipinski definition) is 4. The number of rotatable bonds is 3. The monoisotopic (exact) mass is 288 g/mol. The van der Waals surface area contributed by atoms with E-state index in [1.165, 1.54) is 12.3 Å². The van der Waals surface area contributed by atoms with Crippen LogP contribution in [0.4, 0.5) is 13.2 Å². The Morgan fingerprint density at radius 1 is 1.45 bits per heavy atom. The van der Waals surface area contributed by atoms with Crippen LogP contribution in [-0.4, -0.2) is 25.8 Å². The second kappa shape index (κ2) is 5.37. The smallest absolute Gasteiger partial charge is 0.409 e. The van der Waals surface area contributed by atoms with Crippen molar-refractivity contribution in [2.45, 2.75) is 19.1 Å². The molecule has 6 nitrogen and oxygen atoms in total. The van der Waals surface area contributed by atoms with Crippen molar-refractivity contribution in [2.75, 3.05) is 0 Å². The van der Waals surface area contributed by atoms with Crippen LogP contribution in [0.15, 0.2) is 29.6 Å². The number of amidine groups is 1. The molecule has 0 bridgehead atoms. The molecule has 0 radical (unpaired) electrons. The zero-order valence-corrected chi connectivity index (χ0v) is 10.1. The van der Waals surface area contributed by atoms with Gasteiger partial charge in [0.1, 0.15) is 11.3 Å².